The summed E-state index contributed by atoms with van der Waals surface area (Å²) in [7, 11) is 0. The van der Waals surface area contributed by atoms with E-state index in [1.165, 1.54) is 6.92 Å². The minimum atomic E-state index is -0.964. The number of phenols is 1. The second-order valence-electron chi connectivity index (χ2n) is 4.57. The van der Waals surface area contributed by atoms with Crippen molar-refractivity contribution in [1.29, 1.82) is 0 Å². The third-order valence-electron chi connectivity index (χ3n) is 3.01. The van der Waals surface area contributed by atoms with E-state index in [-0.39, 0.29) is 5.75 Å². The molecule has 0 aromatic heterocycles. The first-order valence-electron chi connectivity index (χ1n) is 6.37. The van der Waals surface area contributed by atoms with E-state index in [0.717, 1.165) is 11.1 Å². The molecule has 5 heteroatoms. The van der Waals surface area contributed by atoms with Gasteiger partial charge >= 0.3 is 5.97 Å². The predicted molar refractivity (Wildman–Crippen MR) is 77.6 cm³/mol. The lowest BCUT2D eigenvalue weighted by molar-refractivity contribution is -0.125. The van der Waals surface area contributed by atoms with Crippen LogP contribution in [0, 0.1) is 0 Å². The molecule has 0 aliphatic rings. The molecule has 0 aliphatic carbocycles. The molecule has 0 fully saturated rings. The van der Waals surface area contributed by atoms with E-state index in [0.29, 0.717) is 5.56 Å². The summed E-state index contributed by atoms with van der Waals surface area (Å²) in [5.74, 6) is -1.10. The van der Waals surface area contributed by atoms with Crippen molar-refractivity contribution in [2.24, 2.45) is 5.73 Å². The van der Waals surface area contributed by atoms with Gasteiger partial charge in [-0.05, 0) is 42.3 Å². The summed E-state index contributed by atoms with van der Waals surface area (Å²) in [5, 5.41) is 9.25. The van der Waals surface area contributed by atoms with Crippen LogP contribution < -0.4 is 5.73 Å². The van der Waals surface area contributed by atoms with E-state index in [9.17, 15) is 14.7 Å². The molecule has 0 bridgehead atoms. The minimum absolute atomic E-state index is 0.194. The van der Waals surface area contributed by atoms with Crippen LogP contribution in [0.2, 0.25) is 0 Å². The molecule has 108 valence electrons. The minimum Gasteiger partial charge on any atom is -0.508 e. The van der Waals surface area contributed by atoms with Gasteiger partial charge in [-0.2, -0.15) is 0 Å². The van der Waals surface area contributed by atoms with Crippen molar-refractivity contribution in [2.75, 3.05) is 0 Å². The van der Waals surface area contributed by atoms with E-state index < -0.39 is 18.0 Å². The first-order chi connectivity index (χ1) is 9.97. The largest absolute Gasteiger partial charge is 0.508 e. The highest BCUT2D eigenvalue weighted by molar-refractivity contribution is 5.92. The number of nitrogens with two attached hydrogens (primary N) is 1. The van der Waals surface area contributed by atoms with Crippen LogP contribution in [0.1, 0.15) is 17.3 Å². The van der Waals surface area contributed by atoms with Crippen LogP contribution in [0.5, 0.6) is 5.75 Å². The fraction of sp³-hybridized carbons (Fsp3) is 0.125. The number of primary amides is 1. The summed E-state index contributed by atoms with van der Waals surface area (Å²) < 4.78 is 4.91. The second-order valence-corrected chi connectivity index (χ2v) is 4.57. The average Bonchev–Trinajstić information content (AvgIpc) is 2.48. The van der Waals surface area contributed by atoms with Gasteiger partial charge in [0.1, 0.15) is 5.75 Å². The Bertz CT molecular complexity index is 647. The maximum atomic E-state index is 11.8. The Kier molecular flexibility index (Phi) is 4.23. The van der Waals surface area contributed by atoms with Crippen LogP contribution in [0.4, 0.5) is 0 Å². The van der Waals surface area contributed by atoms with Crippen LogP contribution in [0.3, 0.4) is 0 Å². The zero-order chi connectivity index (χ0) is 15.4. The predicted octanol–water partition coefficient (Wildman–Crippen LogP) is 2.09. The molecular weight excluding hydrogens is 270 g/mol. The van der Waals surface area contributed by atoms with Crippen LogP contribution in [0.15, 0.2) is 48.5 Å². The summed E-state index contributed by atoms with van der Waals surface area (Å²) in [4.78, 5) is 22.6. The van der Waals surface area contributed by atoms with Gasteiger partial charge < -0.3 is 15.6 Å². The maximum absolute atomic E-state index is 11.8. The van der Waals surface area contributed by atoms with Gasteiger partial charge in [0, 0.05) is 0 Å². The van der Waals surface area contributed by atoms with Crippen LogP contribution in [-0.2, 0) is 9.53 Å². The number of esters is 1. The van der Waals surface area contributed by atoms with Crippen molar-refractivity contribution in [3.63, 3.8) is 0 Å². The molecule has 0 heterocycles. The van der Waals surface area contributed by atoms with Crippen molar-refractivity contribution in [2.45, 2.75) is 13.0 Å². The van der Waals surface area contributed by atoms with Gasteiger partial charge in [0.15, 0.2) is 6.10 Å². The van der Waals surface area contributed by atoms with Gasteiger partial charge in [-0.1, -0.05) is 24.3 Å². The molecule has 21 heavy (non-hydrogen) atoms. The lowest BCUT2D eigenvalue weighted by Gasteiger charge is -2.10. The molecule has 2 rings (SSSR count). The molecular formula is C16H15NO4. The number of phenolic OH excluding ortho intramolecular Hbond substituents is 1. The third-order valence-corrected chi connectivity index (χ3v) is 3.01. The first kappa shape index (κ1) is 14.6. The summed E-state index contributed by atoms with van der Waals surface area (Å²) in [6.07, 6.45) is -0.964. The first-order valence-corrected chi connectivity index (χ1v) is 6.37. The Morgan fingerprint density at radius 2 is 1.48 bits per heavy atom. The Morgan fingerprint density at radius 3 is 1.95 bits per heavy atom. The van der Waals surface area contributed by atoms with E-state index in [2.05, 4.69) is 0 Å². The van der Waals surface area contributed by atoms with Crippen molar-refractivity contribution >= 4 is 11.9 Å². The monoisotopic (exact) mass is 285 g/mol. The number of amides is 1. The molecule has 1 amide bonds. The molecule has 0 saturated carbocycles. The number of aromatic hydroxyl groups is 1. The van der Waals surface area contributed by atoms with Crippen molar-refractivity contribution < 1.29 is 19.4 Å². The molecule has 0 aliphatic heterocycles. The van der Waals surface area contributed by atoms with Crippen LogP contribution in [-0.4, -0.2) is 23.1 Å². The fourth-order valence-corrected chi connectivity index (χ4v) is 1.74. The van der Waals surface area contributed by atoms with Crippen molar-refractivity contribution in [1.82, 2.24) is 0 Å². The van der Waals surface area contributed by atoms with Gasteiger partial charge in [-0.25, -0.2) is 4.79 Å². The number of carbonyl (C=O) groups is 2. The zero-order valence-corrected chi connectivity index (χ0v) is 11.4. The SMILES string of the molecule is CC(OC(=O)c1ccc(-c2ccc(O)cc2)cc1)C(N)=O. The standard InChI is InChI=1S/C16H15NO4/c1-10(15(17)19)21-16(20)13-4-2-11(3-5-13)12-6-8-14(18)9-7-12/h2-10,18H,1H3,(H2,17,19). The molecule has 2 aromatic rings. The highest BCUT2D eigenvalue weighted by Crippen LogP contribution is 2.22. The Labute approximate surface area is 122 Å². The molecule has 2 aromatic carbocycles. The Balaban J connectivity index is 2.13. The normalized spacial score (nSPS) is 11.7. The number of benzene rings is 2. The molecule has 0 spiro atoms. The summed E-state index contributed by atoms with van der Waals surface area (Å²) >= 11 is 0. The van der Waals surface area contributed by atoms with E-state index in [4.69, 9.17) is 10.5 Å². The number of hydrogen-bond donors (Lipinski definition) is 2. The van der Waals surface area contributed by atoms with Gasteiger partial charge in [0.05, 0.1) is 5.56 Å². The maximum Gasteiger partial charge on any atom is 0.338 e. The highest BCUT2D eigenvalue weighted by Gasteiger charge is 2.15. The fourth-order valence-electron chi connectivity index (χ4n) is 1.74. The molecule has 0 radical (unpaired) electrons. The second kappa shape index (κ2) is 6.09. The number of carbonyl (C=O) groups excluding carboxylic acids is 2. The highest BCUT2D eigenvalue weighted by atomic mass is 16.5. The van der Waals surface area contributed by atoms with Crippen molar-refractivity contribution in [3.05, 3.63) is 54.1 Å². The number of hydrogen-bond acceptors (Lipinski definition) is 4. The third kappa shape index (κ3) is 3.60. The van der Waals surface area contributed by atoms with E-state index >= 15 is 0 Å². The summed E-state index contributed by atoms with van der Waals surface area (Å²) in [6, 6.07) is 13.5. The molecule has 0 saturated heterocycles. The number of rotatable bonds is 4. The van der Waals surface area contributed by atoms with Gasteiger partial charge in [-0.15, -0.1) is 0 Å². The summed E-state index contributed by atoms with van der Waals surface area (Å²) in [6.45, 7) is 1.42. The van der Waals surface area contributed by atoms with E-state index in [1.54, 1.807) is 48.5 Å². The lowest BCUT2D eigenvalue weighted by atomic mass is 10.0. The van der Waals surface area contributed by atoms with Crippen LogP contribution in [0.25, 0.3) is 11.1 Å². The smallest absolute Gasteiger partial charge is 0.338 e. The van der Waals surface area contributed by atoms with Gasteiger partial charge in [0.2, 0.25) is 0 Å². The van der Waals surface area contributed by atoms with Gasteiger partial charge in [0.25, 0.3) is 5.91 Å². The summed E-state index contributed by atoms with van der Waals surface area (Å²) in [5.41, 5.74) is 7.19. The number of ether oxygens (including phenoxy) is 1. The molecule has 5 nitrogen and oxygen atoms in total. The lowest BCUT2D eigenvalue weighted by Crippen LogP contribution is -2.30. The van der Waals surface area contributed by atoms with Gasteiger partial charge in [-0.3, -0.25) is 4.79 Å². The Morgan fingerprint density at radius 1 is 1.00 bits per heavy atom. The molecule has 1 unspecified atom stereocenters. The average molecular weight is 285 g/mol. The molecule has 1 atom stereocenters. The van der Waals surface area contributed by atoms with Crippen molar-refractivity contribution in [3.8, 4) is 16.9 Å². The topological polar surface area (TPSA) is 89.6 Å². The van der Waals surface area contributed by atoms with E-state index in [1.807, 2.05) is 0 Å². The molecule has 3 N–H and O–H groups in total. The Hall–Kier alpha value is -2.82. The quantitative estimate of drug-likeness (QED) is 0.842. The van der Waals surface area contributed by atoms with Crippen LogP contribution >= 0.6 is 0 Å². The zero-order valence-electron chi connectivity index (χ0n) is 11.4.